The van der Waals surface area contributed by atoms with Crippen LogP contribution in [0.15, 0.2) is 0 Å². The third-order valence-corrected chi connectivity index (χ3v) is 2.43. The Bertz CT molecular complexity index is 169. The highest BCUT2D eigenvalue weighted by molar-refractivity contribution is 7.30. The molecule has 0 saturated heterocycles. The number of hydrogen-bond donors (Lipinski definition) is 3. The molecule has 0 aromatic carbocycles. The van der Waals surface area contributed by atoms with Crippen LogP contribution in [0.4, 0.5) is 0 Å². The summed E-state index contributed by atoms with van der Waals surface area (Å²) < 4.78 is 14.0. The summed E-state index contributed by atoms with van der Waals surface area (Å²) in [6.45, 7) is 2.38. The molecule has 0 amide bonds. The second-order valence-corrected chi connectivity index (χ2v) is 4.23. The molecule has 8 heteroatoms. The van der Waals surface area contributed by atoms with Gasteiger partial charge in [0.25, 0.3) is 0 Å². The lowest BCUT2D eigenvalue weighted by atomic mass is 10.0. The van der Waals surface area contributed by atoms with Crippen molar-refractivity contribution in [2.45, 2.75) is 19.4 Å². The minimum Gasteiger partial charge on any atom is -0.394 e. The van der Waals surface area contributed by atoms with Crippen molar-refractivity contribution in [1.29, 1.82) is 0 Å². The van der Waals surface area contributed by atoms with E-state index in [1.165, 1.54) is 0 Å². The SMILES string of the molecule is CC(OCCO)C(CCl)CCCl.O=[PH](O)O. The van der Waals surface area contributed by atoms with E-state index < -0.39 is 8.25 Å². The number of rotatable bonds is 7. The van der Waals surface area contributed by atoms with E-state index in [9.17, 15) is 0 Å². The van der Waals surface area contributed by atoms with Crippen LogP contribution in [0.3, 0.4) is 0 Å². The maximum absolute atomic E-state index is 8.74. The van der Waals surface area contributed by atoms with Crippen molar-refractivity contribution >= 4 is 31.5 Å². The molecular formula is C8H19Cl2O5P. The Balaban J connectivity index is 0. The van der Waals surface area contributed by atoms with E-state index in [4.69, 9.17) is 47.4 Å². The van der Waals surface area contributed by atoms with Crippen LogP contribution in [-0.2, 0) is 9.30 Å². The summed E-state index contributed by atoms with van der Waals surface area (Å²) >= 11 is 11.3. The third-order valence-electron chi connectivity index (χ3n) is 1.81. The Morgan fingerprint density at radius 1 is 1.38 bits per heavy atom. The van der Waals surface area contributed by atoms with Crippen molar-refractivity contribution < 1.29 is 24.2 Å². The molecule has 0 aromatic heterocycles. The zero-order chi connectivity index (χ0) is 13.0. The Kier molecular flexibility index (Phi) is 16.3. The molecule has 0 aromatic rings. The molecule has 0 spiro atoms. The average Bonchev–Trinajstić information content (AvgIpc) is 2.21. The van der Waals surface area contributed by atoms with E-state index in [0.717, 1.165) is 6.42 Å². The molecule has 5 nitrogen and oxygen atoms in total. The molecule has 0 bridgehead atoms. The fourth-order valence-electron chi connectivity index (χ4n) is 0.952. The zero-order valence-electron chi connectivity index (χ0n) is 9.10. The lowest BCUT2D eigenvalue weighted by molar-refractivity contribution is 0.0103. The molecule has 0 aliphatic heterocycles. The van der Waals surface area contributed by atoms with Crippen LogP contribution in [0.5, 0.6) is 0 Å². The molecule has 100 valence electrons. The first-order valence-electron chi connectivity index (χ1n) is 4.75. The molecule has 0 saturated carbocycles. The van der Waals surface area contributed by atoms with E-state index in [1.807, 2.05) is 6.92 Å². The first-order chi connectivity index (χ1) is 7.49. The van der Waals surface area contributed by atoms with Gasteiger partial charge in [0.15, 0.2) is 0 Å². The van der Waals surface area contributed by atoms with Crippen molar-refractivity contribution in [3.63, 3.8) is 0 Å². The molecule has 0 rings (SSSR count). The molecule has 2 unspecified atom stereocenters. The molecule has 0 radical (unpaired) electrons. The fourth-order valence-corrected chi connectivity index (χ4v) is 1.64. The number of halogens is 2. The third kappa shape index (κ3) is 14.6. The van der Waals surface area contributed by atoms with Crippen LogP contribution < -0.4 is 0 Å². The Labute approximate surface area is 106 Å². The van der Waals surface area contributed by atoms with Gasteiger partial charge in [-0.3, -0.25) is 4.57 Å². The molecule has 16 heavy (non-hydrogen) atoms. The van der Waals surface area contributed by atoms with Crippen molar-refractivity contribution in [1.82, 2.24) is 0 Å². The number of ether oxygens (including phenoxy) is 1. The van der Waals surface area contributed by atoms with Crippen LogP contribution in [-0.4, -0.2) is 46.0 Å². The van der Waals surface area contributed by atoms with Gasteiger partial charge in [-0.1, -0.05) is 0 Å². The topological polar surface area (TPSA) is 87.0 Å². The highest BCUT2D eigenvalue weighted by Gasteiger charge is 2.15. The number of alkyl halides is 2. The average molecular weight is 297 g/mol. The molecule has 0 fully saturated rings. The highest BCUT2D eigenvalue weighted by atomic mass is 35.5. The monoisotopic (exact) mass is 296 g/mol. The Morgan fingerprint density at radius 3 is 2.19 bits per heavy atom. The summed E-state index contributed by atoms with van der Waals surface area (Å²) in [5, 5.41) is 8.52. The van der Waals surface area contributed by atoms with Gasteiger partial charge in [0.1, 0.15) is 0 Å². The molecule has 0 aliphatic rings. The smallest absolute Gasteiger partial charge is 0.314 e. The van der Waals surface area contributed by atoms with Gasteiger partial charge in [0.2, 0.25) is 0 Å². The quantitative estimate of drug-likeness (QED) is 0.486. The fraction of sp³-hybridized carbons (Fsp3) is 1.00. The van der Waals surface area contributed by atoms with Crippen molar-refractivity contribution in [2.24, 2.45) is 5.92 Å². The second-order valence-electron chi connectivity index (χ2n) is 2.97. The van der Waals surface area contributed by atoms with Crippen molar-refractivity contribution in [3.8, 4) is 0 Å². The highest BCUT2D eigenvalue weighted by Crippen LogP contribution is 2.14. The summed E-state index contributed by atoms with van der Waals surface area (Å²) in [6.07, 6.45) is 0.936. The molecule has 2 atom stereocenters. The summed E-state index contributed by atoms with van der Waals surface area (Å²) in [7, 11) is -3.13. The van der Waals surface area contributed by atoms with Gasteiger partial charge in [0.05, 0.1) is 19.3 Å². The zero-order valence-corrected chi connectivity index (χ0v) is 11.6. The van der Waals surface area contributed by atoms with E-state index in [2.05, 4.69) is 0 Å². The Hall–Kier alpha value is 0.650. The van der Waals surface area contributed by atoms with E-state index >= 15 is 0 Å². The molecule has 0 heterocycles. The normalized spacial score (nSPS) is 14.2. The van der Waals surface area contributed by atoms with Gasteiger partial charge in [0, 0.05) is 11.8 Å². The van der Waals surface area contributed by atoms with Gasteiger partial charge >= 0.3 is 8.25 Å². The molecule has 0 aliphatic carbocycles. The lowest BCUT2D eigenvalue weighted by Crippen LogP contribution is -2.24. The maximum Gasteiger partial charge on any atom is 0.314 e. The molecular weight excluding hydrogens is 278 g/mol. The van der Waals surface area contributed by atoms with Gasteiger partial charge < -0.3 is 19.6 Å². The predicted molar refractivity (Wildman–Crippen MR) is 65.5 cm³/mol. The van der Waals surface area contributed by atoms with Gasteiger partial charge in [-0.25, -0.2) is 0 Å². The summed E-state index contributed by atoms with van der Waals surface area (Å²) in [4.78, 5) is 14.3. The summed E-state index contributed by atoms with van der Waals surface area (Å²) in [6, 6.07) is 0. The maximum atomic E-state index is 8.74. The van der Waals surface area contributed by atoms with Crippen molar-refractivity contribution in [2.75, 3.05) is 25.0 Å². The standard InChI is InChI=1S/C8H16Cl2O2.H3O3P/c1-7(12-5-4-11)8(6-10)2-3-9;1-4(2)3/h7-8,11H,2-6H2,1H3;4H,(H2,1,2,3). The number of hydrogen-bond acceptors (Lipinski definition) is 3. The number of aliphatic hydroxyl groups excluding tert-OH is 1. The Morgan fingerprint density at radius 2 is 1.88 bits per heavy atom. The van der Waals surface area contributed by atoms with Crippen LogP contribution in [0, 0.1) is 5.92 Å². The van der Waals surface area contributed by atoms with E-state index in [-0.39, 0.29) is 18.6 Å². The minimum atomic E-state index is -3.13. The van der Waals surface area contributed by atoms with Crippen LogP contribution in [0.2, 0.25) is 0 Å². The van der Waals surface area contributed by atoms with Crippen molar-refractivity contribution in [3.05, 3.63) is 0 Å². The van der Waals surface area contributed by atoms with Gasteiger partial charge in [-0.15, -0.1) is 23.2 Å². The van der Waals surface area contributed by atoms with E-state index in [0.29, 0.717) is 18.4 Å². The summed E-state index contributed by atoms with van der Waals surface area (Å²) in [5.74, 6) is 1.44. The largest absolute Gasteiger partial charge is 0.394 e. The summed E-state index contributed by atoms with van der Waals surface area (Å²) in [5.41, 5.74) is 0. The number of aliphatic hydroxyl groups is 1. The van der Waals surface area contributed by atoms with E-state index in [1.54, 1.807) is 0 Å². The lowest BCUT2D eigenvalue weighted by Gasteiger charge is -2.20. The van der Waals surface area contributed by atoms with Gasteiger partial charge in [-0.05, 0) is 19.3 Å². The van der Waals surface area contributed by atoms with Crippen LogP contribution >= 0.6 is 31.5 Å². The van der Waals surface area contributed by atoms with Crippen LogP contribution in [0.1, 0.15) is 13.3 Å². The molecule has 3 N–H and O–H groups in total. The van der Waals surface area contributed by atoms with Gasteiger partial charge in [-0.2, -0.15) is 0 Å². The van der Waals surface area contributed by atoms with Crippen LogP contribution in [0.25, 0.3) is 0 Å². The first kappa shape index (κ1) is 19.0. The minimum absolute atomic E-state index is 0.0558. The predicted octanol–water partition coefficient (Wildman–Crippen LogP) is 1.23. The first-order valence-corrected chi connectivity index (χ1v) is 7.13. The second kappa shape index (κ2) is 13.7.